The van der Waals surface area contributed by atoms with Crippen molar-refractivity contribution in [3.05, 3.63) is 42.2 Å². The second-order valence-corrected chi connectivity index (χ2v) is 4.32. The molecule has 0 bridgehead atoms. The summed E-state index contributed by atoms with van der Waals surface area (Å²) in [6.07, 6.45) is -2.98. The quantitative estimate of drug-likeness (QED) is 0.934. The van der Waals surface area contributed by atoms with E-state index in [9.17, 15) is 13.2 Å². The molecule has 0 amide bonds. The highest BCUT2D eigenvalue weighted by atomic mass is 19.4. The maximum absolute atomic E-state index is 12.0. The van der Waals surface area contributed by atoms with E-state index in [0.29, 0.717) is 5.69 Å². The summed E-state index contributed by atoms with van der Waals surface area (Å²) in [5.74, 6) is -0.240. The van der Waals surface area contributed by atoms with Crippen molar-refractivity contribution < 1.29 is 17.9 Å². The third-order valence-electron chi connectivity index (χ3n) is 2.77. The zero-order chi connectivity index (χ0) is 14.8. The Kier molecular flexibility index (Phi) is 3.87. The minimum Gasteiger partial charge on any atom is -0.406 e. The van der Waals surface area contributed by atoms with Crippen LogP contribution in [0.25, 0.3) is 0 Å². The average molecular weight is 285 g/mol. The van der Waals surface area contributed by atoms with Gasteiger partial charge in [-0.25, -0.2) is 0 Å². The zero-order valence-electron chi connectivity index (χ0n) is 11.0. The number of nitrogens with zero attached hydrogens (tertiary/aromatic N) is 2. The Labute approximate surface area is 114 Å². The first-order chi connectivity index (χ1) is 9.35. The first-order valence-electron chi connectivity index (χ1n) is 5.95. The van der Waals surface area contributed by atoms with Crippen LogP contribution >= 0.6 is 0 Å². The molecule has 7 heteroatoms. The molecule has 2 aromatic rings. The van der Waals surface area contributed by atoms with Gasteiger partial charge in [0.15, 0.2) is 0 Å². The Balaban J connectivity index is 2.02. The van der Waals surface area contributed by atoms with Crippen LogP contribution < -0.4 is 10.1 Å². The lowest BCUT2D eigenvalue weighted by atomic mass is 10.2. The highest BCUT2D eigenvalue weighted by Crippen LogP contribution is 2.25. The molecule has 2 rings (SSSR count). The van der Waals surface area contributed by atoms with E-state index in [1.54, 1.807) is 10.9 Å². The fourth-order valence-electron chi connectivity index (χ4n) is 1.89. The molecule has 0 aliphatic heterocycles. The van der Waals surface area contributed by atoms with Gasteiger partial charge in [0.2, 0.25) is 0 Å². The van der Waals surface area contributed by atoms with Gasteiger partial charge in [0.05, 0.1) is 11.7 Å². The molecule has 0 spiro atoms. The number of nitrogens with one attached hydrogen (secondary N) is 1. The smallest absolute Gasteiger partial charge is 0.406 e. The molecule has 0 aliphatic rings. The zero-order valence-corrected chi connectivity index (χ0v) is 11.0. The maximum atomic E-state index is 12.0. The van der Waals surface area contributed by atoms with Gasteiger partial charge < -0.3 is 10.1 Å². The lowest BCUT2D eigenvalue weighted by Crippen LogP contribution is -2.17. The van der Waals surface area contributed by atoms with Gasteiger partial charge >= 0.3 is 6.36 Å². The predicted octanol–water partition coefficient (Wildman–Crippen LogP) is 3.49. The maximum Gasteiger partial charge on any atom is 0.573 e. The molecule has 20 heavy (non-hydrogen) atoms. The molecule has 1 N–H and O–H groups in total. The van der Waals surface area contributed by atoms with Crippen molar-refractivity contribution in [2.45, 2.75) is 19.3 Å². The van der Waals surface area contributed by atoms with Gasteiger partial charge in [0.1, 0.15) is 5.75 Å². The minimum absolute atomic E-state index is 0.0168. The van der Waals surface area contributed by atoms with Crippen LogP contribution in [0.5, 0.6) is 5.75 Å². The first-order valence-corrected chi connectivity index (χ1v) is 5.95. The highest BCUT2D eigenvalue weighted by molar-refractivity contribution is 5.47. The molecule has 0 saturated carbocycles. The predicted molar refractivity (Wildman–Crippen MR) is 68.4 cm³/mol. The second-order valence-electron chi connectivity index (χ2n) is 4.32. The van der Waals surface area contributed by atoms with Gasteiger partial charge in [0.25, 0.3) is 0 Å². The van der Waals surface area contributed by atoms with Crippen LogP contribution in [-0.2, 0) is 7.05 Å². The van der Waals surface area contributed by atoms with Crippen molar-refractivity contribution in [3.63, 3.8) is 0 Å². The summed E-state index contributed by atoms with van der Waals surface area (Å²) >= 11 is 0. The third kappa shape index (κ3) is 3.66. The van der Waals surface area contributed by atoms with E-state index in [1.807, 2.05) is 20.0 Å². The number of aryl methyl sites for hydroxylation is 1. The third-order valence-corrected chi connectivity index (χ3v) is 2.77. The largest absolute Gasteiger partial charge is 0.573 e. The topological polar surface area (TPSA) is 39.1 Å². The molecule has 4 nitrogen and oxygen atoms in total. The highest BCUT2D eigenvalue weighted by Gasteiger charge is 2.30. The van der Waals surface area contributed by atoms with E-state index in [2.05, 4.69) is 15.2 Å². The number of anilines is 1. The van der Waals surface area contributed by atoms with Gasteiger partial charge in [0, 0.05) is 18.9 Å². The lowest BCUT2D eigenvalue weighted by Gasteiger charge is -2.16. The number of hydrogen-bond acceptors (Lipinski definition) is 3. The summed E-state index contributed by atoms with van der Waals surface area (Å²) in [4.78, 5) is 0. The van der Waals surface area contributed by atoms with Crippen molar-refractivity contribution in [1.82, 2.24) is 9.78 Å². The summed E-state index contributed by atoms with van der Waals surface area (Å²) in [7, 11) is 1.83. The molecular formula is C13H14F3N3O. The van der Waals surface area contributed by atoms with Crippen LogP contribution in [0.1, 0.15) is 18.7 Å². The van der Waals surface area contributed by atoms with Gasteiger partial charge in [-0.1, -0.05) is 0 Å². The Morgan fingerprint density at radius 3 is 2.35 bits per heavy atom. The summed E-state index contributed by atoms with van der Waals surface area (Å²) in [6.45, 7) is 1.94. The summed E-state index contributed by atoms with van der Waals surface area (Å²) in [5, 5.41) is 7.24. The molecule has 1 heterocycles. The van der Waals surface area contributed by atoms with Gasteiger partial charge in [-0.05, 0) is 37.3 Å². The second kappa shape index (κ2) is 5.44. The van der Waals surface area contributed by atoms with Crippen LogP contribution in [0.15, 0.2) is 36.5 Å². The summed E-state index contributed by atoms with van der Waals surface area (Å²) in [6, 6.07) is 7.47. The Hall–Kier alpha value is -2.18. The molecule has 1 aromatic carbocycles. The van der Waals surface area contributed by atoms with Crippen molar-refractivity contribution in [3.8, 4) is 5.75 Å². The van der Waals surface area contributed by atoms with Crippen molar-refractivity contribution in [2.75, 3.05) is 5.32 Å². The van der Waals surface area contributed by atoms with Crippen LogP contribution in [0.2, 0.25) is 0 Å². The number of ether oxygens (including phenoxy) is 1. The van der Waals surface area contributed by atoms with Crippen LogP contribution in [0.4, 0.5) is 18.9 Å². The van der Waals surface area contributed by atoms with E-state index >= 15 is 0 Å². The molecule has 1 aromatic heterocycles. The molecule has 108 valence electrons. The van der Waals surface area contributed by atoms with Crippen molar-refractivity contribution in [1.29, 1.82) is 0 Å². The van der Waals surface area contributed by atoms with Gasteiger partial charge in [-0.15, -0.1) is 13.2 Å². The van der Waals surface area contributed by atoms with Crippen molar-refractivity contribution in [2.24, 2.45) is 7.05 Å². The summed E-state index contributed by atoms with van der Waals surface area (Å²) in [5.41, 5.74) is 1.67. The van der Waals surface area contributed by atoms with E-state index < -0.39 is 6.36 Å². The number of benzene rings is 1. The lowest BCUT2D eigenvalue weighted by molar-refractivity contribution is -0.274. The monoisotopic (exact) mass is 285 g/mol. The van der Waals surface area contributed by atoms with Crippen LogP contribution in [0.3, 0.4) is 0 Å². The standard InChI is InChI=1S/C13H14F3N3O/c1-9(12-7-8-17-19(12)2)18-10-3-5-11(6-4-10)20-13(14,15)16/h3-9,18H,1-2H3. The van der Waals surface area contributed by atoms with Gasteiger partial charge in [-0.3, -0.25) is 4.68 Å². The normalized spacial score (nSPS) is 13.1. The van der Waals surface area contributed by atoms with E-state index in [1.165, 1.54) is 24.3 Å². The van der Waals surface area contributed by atoms with E-state index in [4.69, 9.17) is 0 Å². The first kappa shape index (κ1) is 14.2. The molecular weight excluding hydrogens is 271 g/mol. The van der Waals surface area contributed by atoms with E-state index in [0.717, 1.165) is 5.69 Å². The number of rotatable bonds is 4. The van der Waals surface area contributed by atoms with Crippen molar-refractivity contribution >= 4 is 5.69 Å². The molecule has 0 radical (unpaired) electrons. The minimum atomic E-state index is -4.67. The van der Waals surface area contributed by atoms with Crippen LogP contribution in [-0.4, -0.2) is 16.1 Å². The number of aromatic nitrogens is 2. The average Bonchev–Trinajstić information content (AvgIpc) is 2.76. The Morgan fingerprint density at radius 1 is 1.20 bits per heavy atom. The number of alkyl halides is 3. The fourth-order valence-corrected chi connectivity index (χ4v) is 1.89. The molecule has 1 atom stereocenters. The Morgan fingerprint density at radius 2 is 1.85 bits per heavy atom. The SMILES string of the molecule is CC(Nc1ccc(OC(F)(F)F)cc1)c1ccnn1C. The number of hydrogen-bond donors (Lipinski definition) is 1. The molecule has 0 fully saturated rings. The number of halogens is 3. The van der Waals surface area contributed by atoms with E-state index in [-0.39, 0.29) is 11.8 Å². The molecule has 0 saturated heterocycles. The van der Waals surface area contributed by atoms with Gasteiger partial charge in [-0.2, -0.15) is 5.10 Å². The Bertz CT molecular complexity index is 563. The molecule has 0 aliphatic carbocycles. The molecule has 1 unspecified atom stereocenters. The summed E-state index contributed by atoms with van der Waals surface area (Å²) < 4.78 is 41.7. The fraction of sp³-hybridized carbons (Fsp3) is 0.308. The van der Waals surface area contributed by atoms with Crippen LogP contribution in [0, 0.1) is 0 Å².